The van der Waals surface area contributed by atoms with E-state index in [0.29, 0.717) is 93.2 Å². The number of fused-ring (bicyclic) bond motifs is 1. The number of imidazole rings is 1. The van der Waals surface area contributed by atoms with Crippen molar-refractivity contribution in [3.05, 3.63) is 77.2 Å². The number of hydrogen-bond acceptors (Lipinski definition) is 10. The van der Waals surface area contributed by atoms with Gasteiger partial charge in [0.05, 0.1) is 33.5 Å². The average Bonchev–Trinajstić information content (AvgIpc) is 3.75. The molecular weight excluding hydrogens is 747 g/mol. The van der Waals surface area contributed by atoms with Crippen molar-refractivity contribution in [3.63, 3.8) is 0 Å². The summed E-state index contributed by atoms with van der Waals surface area (Å²) in [6.07, 6.45) is 5.74. The fourth-order valence-electron chi connectivity index (χ4n) is 8.01. The van der Waals surface area contributed by atoms with E-state index in [9.17, 15) is 18.0 Å². The Hall–Kier alpha value is -4.86. The SMILES string of the molecule is Cc1nn(C)cc1-c1nc2ncc(Cl)c(Oc3ccc(S(=O)(=O)C4CCN(CC5(F)CCN(c6ccc([C@@H]7CCC(=O)NC7=O)cc6)CC5)CC4)cc3)c2[nH]1. The number of anilines is 1. The van der Waals surface area contributed by atoms with Crippen LogP contribution in [0.2, 0.25) is 5.02 Å². The number of carbonyl (C=O) groups excluding carboxylic acids is 2. The zero-order valence-corrected chi connectivity index (χ0v) is 32.2. The molecule has 0 saturated carbocycles. The molecule has 3 aromatic heterocycles. The number of aromatic nitrogens is 5. The van der Waals surface area contributed by atoms with Crippen molar-refractivity contribution >= 4 is 50.1 Å². The molecule has 0 aliphatic carbocycles. The molecule has 3 fully saturated rings. The molecular formula is C39H42ClFN8O5S. The summed E-state index contributed by atoms with van der Waals surface area (Å²) in [5.74, 6) is 0.473. The Morgan fingerprint density at radius 2 is 1.71 bits per heavy atom. The minimum absolute atomic E-state index is 0.208. The van der Waals surface area contributed by atoms with Gasteiger partial charge in [-0.15, -0.1) is 0 Å². The lowest BCUT2D eigenvalue weighted by Crippen LogP contribution is -2.50. The third-order valence-corrected chi connectivity index (χ3v) is 13.7. The molecule has 3 saturated heterocycles. The van der Waals surface area contributed by atoms with Gasteiger partial charge in [-0.05, 0) is 81.2 Å². The predicted molar refractivity (Wildman–Crippen MR) is 206 cm³/mol. The summed E-state index contributed by atoms with van der Waals surface area (Å²) < 4.78 is 51.4. The number of carbonyl (C=O) groups is 2. The number of pyridine rings is 1. The van der Waals surface area contributed by atoms with Gasteiger partial charge >= 0.3 is 0 Å². The first-order valence-electron chi connectivity index (χ1n) is 18.5. The van der Waals surface area contributed by atoms with Crippen LogP contribution in [0.25, 0.3) is 22.6 Å². The monoisotopic (exact) mass is 788 g/mol. The summed E-state index contributed by atoms with van der Waals surface area (Å²) in [5.41, 5.74) is 3.04. The van der Waals surface area contributed by atoms with Crippen LogP contribution in [0.5, 0.6) is 11.5 Å². The van der Waals surface area contributed by atoms with E-state index in [1.807, 2.05) is 44.4 Å². The number of piperidine rings is 3. The van der Waals surface area contributed by atoms with Gasteiger partial charge in [-0.2, -0.15) is 5.10 Å². The summed E-state index contributed by atoms with van der Waals surface area (Å²) >= 11 is 6.50. The summed E-state index contributed by atoms with van der Waals surface area (Å²) in [6.45, 7) is 4.29. The molecule has 8 rings (SSSR count). The molecule has 55 heavy (non-hydrogen) atoms. The summed E-state index contributed by atoms with van der Waals surface area (Å²) in [6, 6.07) is 14.1. The lowest BCUT2D eigenvalue weighted by atomic mass is 9.89. The van der Waals surface area contributed by atoms with E-state index < -0.39 is 20.8 Å². The molecule has 0 spiro atoms. The highest BCUT2D eigenvalue weighted by Crippen LogP contribution is 2.38. The van der Waals surface area contributed by atoms with Crippen molar-refractivity contribution in [1.29, 1.82) is 0 Å². The highest BCUT2D eigenvalue weighted by Gasteiger charge is 2.39. The van der Waals surface area contributed by atoms with Crippen LogP contribution in [-0.4, -0.2) is 93.5 Å². The van der Waals surface area contributed by atoms with Gasteiger partial charge in [0, 0.05) is 57.8 Å². The molecule has 16 heteroatoms. The number of nitrogens with one attached hydrogen (secondary N) is 2. The standard InChI is InChI=1S/C39H42ClFN8O5S/c1-24-31(22-47(2)46-24)36-44-34-35(32(40)21-42-37(34)45-36)54-27-7-9-28(10-8-27)55(52,53)29-13-17-48(18-14-29)23-39(41)15-19-49(20-16-39)26-5-3-25(4-6-26)30-11-12-33(50)43-38(30)51/h3-10,21-22,29-30H,11-20,23H2,1-2H3,(H,42,44,45)(H,43,50,51)/t30-/m0/s1. The van der Waals surface area contributed by atoms with Crippen LogP contribution in [0.3, 0.4) is 0 Å². The van der Waals surface area contributed by atoms with Crippen LogP contribution in [0.1, 0.15) is 55.7 Å². The quantitative estimate of drug-likeness (QED) is 0.173. The Morgan fingerprint density at radius 3 is 2.36 bits per heavy atom. The van der Waals surface area contributed by atoms with E-state index >= 15 is 4.39 Å². The van der Waals surface area contributed by atoms with Gasteiger partial charge < -0.3 is 19.5 Å². The van der Waals surface area contributed by atoms with Gasteiger partial charge in [0.1, 0.15) is 27.8 Å². The number of imide groups is 1. The highest BCUT2D eigenvalue weighted by molar-refractivity contribution is 7.92. The Morgan fingerprint density at radius 1 is 1.00 bits per heavy atom. The number of rotatable bonds is 9. The molecule has 0 unspecified atom stereocenters. The minimum Gasteiger partial charge on any atom is -0.453 e. The maximum Gasteiger partial charge on any atom is 0.234 e. The summed E-state index contributed by atoms with van der Waals surface area (Å²) in [5, 5.41) is 6.49. The van der Waals surface area contributed by atoms with E-state index in [1.54, 1.807) is 28.9 Å². The Balaban J connectivity index is 0.846. The average molecular weight is 789 g/mol. The number of likely N-dealkylation sites (tertiary alicyclic amines) is 1. The smallest absolute Gasteiger partial charge is 0.234 e. The maximum atomic E-state index is 16.1. The van der Waals surface area contributed by atoms with Crippen LogP contribution in [0, 0.1) is 6.92 Å². The van der Waals surface area contributed by atoms with Gasteiger partial charge in [0.25, 0.3) is 0 Å². The number of halogens is 2. The van der Waals surface area contributed by atoms with E-state index in [4.69, 9.17) is 16.3 Å². The summed E-state index contributed by atoms with van der Waals surface area (Å²) in [7, 11) is -1.80. The van der Waals surface area contributed by atoms with Gasteiger partial charge in [0.2, 0.25) is 11.8 Å². The fourth-order valence-corrected chi connectivity index (χ4v) is 9.92. The van der Waals surface area contributed by atoms with Gasteiger partial charge in [-0.1, -0.05) is 23.7 Å². The van der Waals surface area contributed by atoms with Crippen molar-refractivity contribution < 1.29 is 27.1 Å². The number of amides is 2. The molecule has 3 aliphatic heterocycles. The number of hydrogen-bond donors (Lipinski definition) is 2. The number of nitrogens with zero attached hydrogens (tertiary/aromatic N) is 6. The zero-order chi connectivity index (χ0) is 38.5. The highest BCUT2D eigenvalue weighted by atomic mass is 35.5. The molecule has 2 N–H and O–H groups in total. The number of ether oxygens (including phenoxy) is 1. The molecule has 6 heterocycles. The van der Waals surface area contributed by atoms with Crippen molar-refractivity contribution in [2.75, 3.05) is 37.6 Å². The molecule has 2 amide bonds. The van der Waals surface area contributed by atoms with Crippen molar-refractivity contribution in [2.45, 2.75) is 67.2 Å². The molecule has 0 radical (unpaired) electrons. The summed E-state index contributed by atoms with van der Waals surface area (Å²) in [4.78, 5) is 40.4. The lowest BCUT2D eigenvalue weighted by Gasteiger charge is -2.41. The van der Waals surface area contributed by atoms with Crippen molar-refractivity contribution in [2.24, 2.45) is 7.05 Å². The van der Waals surface area contributed by atoms with Gasteiger partial charge in [-0.3, -0.25) is 19.6 Å². The first-order chi connectivity index (χ1) is 26.3. The zero-order valence-electron chi connectivity index (χ0n) is 30.6. The molecule has 3 aliphatic rings. The van der Waals surface area contributed by atoms with Crippen LogP contribution in [0.15, 0.2) is 65.8 Å². The number of aryl methyl sites for hydroxylation is 2. The first-order valence-corrected chi connectivity index (χ1v) is 20.4. The first kappa shape index (κ1) is 37.1. The molecule has 5 aromatic rings. The maximum absolute atomic E-state index is 16.1. The second kappa shape index (κ2) is 14.7. The Bertz CT molecular complexity index is 2350. The predicted octanol–water partition coefficient (Wildman–Crippen LogP) is 5.88. The normalized spacial score (nSPS) is 19.9. The number of aromatic amines is 1. The van der Waals surface area contributed by atoms with Gasteiger partial charge in [0.15, 0.2) is 21.2 Å². The fraction of sp³-hybridized carbons (Fsp3) is 0.410. The van der Waals surface area contributed by atoms with E-state index in [0.717, 1.165) is 22.5 Å². The molecule has 1 atom stereocenters. The molecule has 13 nitrogen and oxygen atoms in total. The third kappa shape index (κ3) is 7.57. The van der Waals surface area contributed by atoms with Crippen LogP contribution in [0.4, 0.5) is 10.1 Å². The van der Waals surface area contributed by atoms with Crippen molar-refractivity contribution in [1.82, 2.24) is 34.9 Å². The Labute approximate surface area is 323 Å². The number of sulfone groups is 1. The minimum atomic E-state index is -3.63. The van der Waals surface area contributed by atoms with E-state index in [1.165, 1.54) is 6.20 Å². The molecule has 0 bridgehead atoms. The largest absolute Gasteiger partial charge is 0.453 e. The second-order valence-electron chi connectivity index (χ2n) is 14.8. The molecule has 2 aromatic carbocycles. The van der Waals surface area contributed by atoms with Crippen LogP contribution < -0.4 is 15.0 Å². The number of alkyl halides is 1. The van der Waals surface area contributed by atoms with Crippen LogP contribution >= 0.6 is 11.6 Å². The number of benzene rings is 2. The van der Waals surface area contributed by atoms with Gasteiger partial charge in [-0.25, -0.2) is 22.8 Å². The third-order valence-electron chi connectivity index (χ3n) is 11.1. The van der Waals surface area contributed by atoms with E-state index in [2.05, 4.69) is 35.2 Å². The Kier molecular flexibility index (Phi) is 9.88. The topological polar surface area (TPSA) is 155 Å². The molecule has 288 valence electrons. The van der Waals surface area contributed by atoms with Crippen molar-refractivity contribution in [3.8, 4) is 22.9 Å². The van der Waals surface area contributed by atoms with Crippen LogP contribution in [-0.2, 0) is 26.5 Å². The number of H-pyrrole nitrogens is 1. The second-order valence-corrected chi connectivity index (χ2v) is 17.5. The lowest BCUT2D eigenvalue weighted by molar-refractivity contribution is -0.134. The van der Waals surface area contributed by atoms with E-state index in [-0.39, 0.29) is 34.2 Å².